The first-order chi connectivity index (χ1) is 8.25. The highest BCUT2D eigenvalue weighted by atomic mass is 16.1. The van der Waals surface area contributed by atoms with E-state index in [0.717, 1.165) is 25.2 Å². The first-order valence-corrected chi connectivity index (χ1v) is 6.36. The van der Waals surface area contributed by atoms with Crippen LogP contribution in [0.5, 0.6) is 0 Å². The summed E-state index contributed by atoms with van der Waals surface area (Å²) in [6.45, 7) is 5.60. The molecule has 0 amide bonds. The summed E-state index contributed by atoms with van der Waals surface area (Å²) in [5, 5.41) is 0. The van der Waals surface area contributed by atoms with Crippen LogP contribution in [0.25, 0.3) is 0 Å². The molecule has 0 aliphatic carbocycles. The summed E-state index contributed by atoms with van der Waals surface area (Å²) < 4.78 is 0. The second-order valence-electron chi connectivity index (χ2n) is 4.84. The Hall–Kier alpha value is -1.19. The van der Waals surface area contributed by atoms with Gasteiger partial charge in [0.25, 0.3) is 0 Å². The topological polar surface area (TPSA) is 24.8 Å². The van der Waals surface area contributed by atoms with Gasteiger partial charge in [-0.15, -0.1) is 0 Å². The molecular formula is C14H21N2O+. The summed E-state index contributed by atoms with van der Waals surface area (Å²) >= 11 is 0. The van der Waals surface area contributed by atoms with Crippen molar-refractivity contribution in [2.24, 2.45) is 0 Å². The van der Waals surface area contributed by atoms with E-state index in [1.165, 1.54) is 13.1 Å². The summed E-state index contributed by atoms with van der Waals surface area (Å²) in [7, 11) is 2.16. The van der Waals surface area contributed by atoms with Crippen molar-refractivity contribution >= 4 is 5.78 Å². The van der Waals surface area contributed by atoms with Crippen LogP contribution in [0.15, 0.2) is 30.3 Å². The molecule has 0 atom stereocenters. The van der Waals surface area contributed by atoms with Gasteiger partial charge in [-0.2, -0.15) is 0 Å². The van der Waals surface area contributed by atoms with E-state index < -0.39 is 0 Å². The lowest BCUT2D eigenvalue weighted by Gasteiger charge is -2.29. The lowest BCUT2D eigenvalue weighted by molar-refractivity contribution is -0.903. The van der Waals surface area contributed by atoms with Gasteiger partial charge in [0.15, 0.2) is 5.78 Å². The number of nitrogens with zero attached hydrogens (tertiary/aromatic N) is 1. The second kappa shape index (κ2) is 5.94. The van der Waals surface area contributed by atoms with Crippen LogP contribution >= 0.6 is 0 Å². The normalized spacial score (nSPS) is 18.2. The standard InChI is InChI=1S/C14H20N2O/c1-15-9-11-16(12-10-15)8-7-14(17)13-5-3-2-4-6-13/h2-6H,7-12H2,1H3/p+1. The number of rotatable bonds is 4. The van der Waals surface area contributed by atoms with Crippen LogP contribution in [-0.4, -0.2) is 50.5 Å². The minimum atomic E-state index is 0.275. The van der Waals surface area contributed by atoms with Crippen LogP contribution in [0.1, 0.15) is 16.8 Å². The molecule has 0 bridgehead atoms. The van der Waals surface area contributed by atoms with Gasteiger partial charge in [-0.1, -0.05) is 30.3 Å². The molecule has 3 heteroatoms. The van der Waals surface area contributed by atoms with Crippen molar-refractivity contribution in [2.75, 3.05) is 39.8 Å². The number of Topliss-reactive ketones (excluding diaryl/α,β-unsaturated/α-hetero) is 1. The van der Waals surface area contributed by atoms with Crippen LogP contribution in [-0.2, 0) is 0 Å². The number of piperazine rings is 1. The molecule has 2 rings (SSSR count). The van der Waals surface area contributed by atoms with Crippen LogP contribution in [0.4, 0.5) is 0 Å². The highest BCUT2D eigenvalue weighted by molar-refractivity contribution is 5.95. The second-order valence-corrected chi connectivity index (χ2v) is 4.84. The molecule has 1 fully saturated rings. The zero-order valence-electron chi connectivity index (χ0n) is 10.5. The number of quaternary nitrogens is 1. The first kappa shape index (κ1) is 12.3. The number of nitrogens with one attached hydrogen (secondary N) is 1. The van der Waals surface area contributed by atoms with Gasteiger partial charge in [-0.25, -0.2) is 0 Å². The molecule has 0 saturated carbocycles. The Morgan fingerprint density at radius 2 is 1.88 bits per heavy atom. The van der Waals surface area contributed by atoms with E-state index in [0.29, 0.717) is 6.42 Å². The molecule has 1 aromatic carbocycles. The molecule has 1 saturated heterocycles. The van der Waals surface area contributed by atoms with Gasteiger partial charge in [-0.05, 0) is 7.05 Å². The van der Waals surface area contributed by atoms with Crippen LogP contribution in [0.3, 0.4) is 0 Å². The fourth-order valence-electron chi connectivity index (χ4n) is 2.24. The quantitative estimate of drug-likeness (QED) is 0.746. The first-order valence-electron chi connectivity index (χ1n) is 6.36. The van der Waals surface area contributed by atoms with Gasteiger partial charge in [0.1, 0.15) is 0 Å². The van der Waals surface area contributed by atoms with Crippen molar-refractivity contribution in [3.05, 3.63) is 35.9 Å². The number of benzene rings is 1. The molecule has 0 aromatic heterocycles. The van der Waals surface area contributed by atoms with E-state index >= 15 is 0 Å². The summed E-state index contributed by atoms with van der Waals surface area (Å²) in [6.07, 6.45) is 0.670. The molecule has 1 heterocycles. The molecule has 17 heavy (non-hydrogen) atoms. The van der Waals surface area contributed by atoms with Gasteiger partial charge in [0, 0.05) is 18.7 Å². The van der Waals surface area contributed by atoms with Crippen molar-refractivity contribution in [3.63, 3.8) is 0 Å². The van der Waals surface area contributed by atoms with Crippen LogP contribution in [0.2, 0.25) is 0 Å². The summed E-state index contributed by atoms with van der Waals surface area (Å²) in [5.74, 6) is 0.275. The van der Waals surface area contributed by atoms with E-state index in [2.05, 4.69) is 11.9 Å². The maximum atomic E-state index is 11.9. The van der Waals surface area contributed by atoms with Crippen LogP contribution < -0.4 is 4.90 Å². The highest BCUT2D eigenvalue weighted by Gasteiger charge is 2.18. The van der Waals surface area contributed by atoms with Crippen molar-refractivity contribution in [1.82, 2.24) is 4.90 Å². The zero-order chi connectivity index (χ0) is 12.1. The Morgan fingerprint density at radius 1 is 1.24 bits per heavy atom. The van der Waals surface area contributed by atoms with Crippen molar-refractivity contribution in [1.29, 1.82) is 0 Å². The maximum absolute atomic E-state index is 11.9. The third kappa shape index (κ3) is 3.65. The Balaban J connectivity index is 1.77. The fourth-order valence-corrected chi connectivity index (χ4v) is 2.24. The zero-order valence-corrected chi connectivity index (χ0v) is 10.5. The van der Waals surface area contributed by atoms with Gasteiger partial charge >= 0.3 is 0 Å². The molecule has 3 nitrogen and oxygen atoms in total. The van der Waals surface area contributed by atoms with E-state index in [-0.39, 0.29) is 5.78 Å². The average molecular weight is 233 g/mol. The Bertz CT molecular complexity index is 356. The summed E-state index contributed by atoms with van der Waals surface area (Å²) in [5.41, 5.74) is 0.848. The number of likely N-dealkylation sites (N-methyl/N-ethyl adjacent to an activating group) is 1. The Kier molecular flexibility index (Phi) is 4.29. The predicted octanol–water partition coefficient (Wildman–Crippen LogP) is 0.0897. The molecule has 0 unspecified atom stereocenters. The predicted molar refractivity (Wildman–Crippen MR) is 68.5 cm³/mol. The molecule has 0 radical (unpaired) electrons. The number of hydrogen-bond donors (Lipinski definition) is 1. The lowest BCUT2D eigenvalue weighted by atomic mass is 10.1. The van der Waals surface area contributed by atoms with Gasteiger partial charge in [-0.3, -0.25) is 9.69 Å². The van der Waals surface area contributed by atoms with E-state index in [1.54, 1.807) is 4.90 Å². The number of ketones is 1. The maximum Gasteiger partial charge on any atom is 0.168 e. The van der Waals surface area contributed by atoms with E-state index in [9.17, 15) is 4.79 Å². The highest BCUT2D eigenvalue weighted by Crippen LogP contribution is 2.01. The van der Waals surface area contributed by atoms with Gasteiger partial charge in [0.05, 0.1) is 26.1 Å². The van der Waals surface area contributed by atoms with Crippen molar-refractivity contribution in [3.8, 4) is 0 Å². The Morgan fingerprint density at radius 3 is 2.53 bits per heavy atom. The minimum absolute atomic E-state index is 0.275. The van der Waals surface area contributed by atoms with Crippen molar-refractivity contribution < 1.29 is 9.69 Å². The lowest BCUT2D eigenvalue weighted by Crippen LogP contribution is -3.14. The minimum Gasteiger partial charge on any atom is -0.332 e. The molecule has 1 aliphatic heterocycles. The van der Waals surface area contributed by atoms with E-state index in [1.807, 2.05) is 30.3 Å². The number of carbonyl (C=O) groups excluding carboxylic acids is 1. The van der Waals surface area contributed by atoms with Crippen LogP contribution in [0, 0.1) is 0 Å². The number of carbonyl (C=O) groups is 1. The van der Waals surface area contributed by atoms with Gasteiger partial charge < -0.3 is 4.90 Å². The SMILES string of the molecule is CN1CC[NH+](CCC(=O)c2ccccc2)CC1. The largest absolute Gasteiger partial charge is 0.332 e. The monoisotopic (exact) mass is 233 g/mol. The molecule has 1 aromatic rings. The molecule has 1 aliphatic rings. The summed E-state index contributed by atoms with van der Waals surface area (Å²) in [4.78, 5) is 15.8. The van der Waals surface area contributed by atoms with E-state index in [4.69, 9.17) is 0 Å². The molecule has 0 spiro atoms. The smallest absolute Gasteiger partial charge is 0.168 e. The molecular weight excluding hydrogens is 212 g/mol. The summed E-state index contributed by atoms with van der Waals surface area (Å²) in [6, 6.07) is 9.61. The number of hydrogen-bond acceptors (Lipinski definition) is 2. The van der Waals surface area contributed by atoms with Crippen molar-refractivity contribution in [2.45, 2.75) is 6.42 Å². The molecule has 1 N–H and O–H groups in total. The third-order valence-corrected chi connectivity index (χ3v) is 3.50. The third-order valence-electron chi connectivity index (χ3n) is 3.50. The fraction of sp³-hybridized carbons (Fsp3) is 0.500. The Labute approximate surface area is 103 Å². The van der Waals surface area contributed by atoms with Gasteiger partial charge in [0.2, 0.25) is 0 Å². The molecule has 92 valence electrons. The average Bonchev–Trinajstić information content (AvgIpc) is 2.39.